The lowest BCUT2D eigenvalue weighted by atomic mass is 10.5. The molecule has 2 heteroatoms. The zero-order valence-corrected chi connectivity index (χ0v) is 5.63. The van der Waals surface area contributed by atoms with Crippen LogP contribution in [-0.4, -0.2) is 18.3 Å². The molecular formula is C7H12O2. The molecule has 0 saturated carbocycles. The summed E-state index contributed by atoms with van der Waals surface area (Å²) in [6, 6.07) is 0. The molecule has 0 aliphatic heterocycles. The summed E-state index contributed by atoms with van der Waals surface area (Å²) >= 11 is 0. The van der Waals surface area contributed by atoms with Crippen molar-refractivity contribution in [3.05, 3.63) is 24.5 Å². The van der Waals surface area contributed by atoms with Gasteiger partial charge in [-0.1, -0.05) is 12.7 Å². The highest BCUT2D eigenvalue weighted by Crippen LogP contribution is 1.93. The van der Waals surface area contributed by atoms with Gasteiger partial charge in [-0.2, -0.15) is 0 Å². The Kier molecular flexibility index (Phi) is 4.92. The van der Waals surface area contributed by atoms with Gasteiger partial charge < -0.3 is 9.84 Å². The van der Waals surface area contributed by atoms with Crippen LogP contribution in [0.1, 0.15) is 6.92 Å². The molecule has 0 atom stereocenters. The Morgan fingerprint density at radius 2 is 2.44 bits per heavy atom. The molecule has 0 aromatic heterocycles. The molecule has 0 spiro atoms. The van der Waals surface area contributed by atoms with E-state index < -0.39 is 0 Å². The zero-order chi connectivity index (χ0) is 7.11. The number of allylic oxidation sites excluding steroid dienone is 3. The van der Waals surface area contributed by atoms with Crippen LogP contribution in [0.4, 0.5) is 0 Å². The molecule has 0 rings (SSSR count). The Morgan fingerprint density at radius 3 is 2.89 bits per heavy atom. The summed E-state index contributed by atoms with van der Waals surface area (Å²) in [6.45, 7) is 5.72. The normalized spacial score (nSPS) is 11.1. The lowest BCUT2D eigenvalue weighted by molar-refractivity contribution is 0.146. The Balaban J connectivity index is 3.36. The van der Waals surface area contributed by atoms with Crippen molar-refractivity contribution in [1.82, 2.24) is 0 Å². The predicted octanol–water partition coefficient (Wildman–Crippen LogP) is 1.09. The summed E-state index contributed by atoms with van der Waals surface area (Å²) in [7, 11) is 0. The fourth-order valence-corrected chi connectivity index (χ4v) is 0.421. The van der Waals surface area contributed by atoms with E-state index in [4.69, 9.17) is 9.84 Å². The average Bonchev–Trinajstić information content (AvgIpc) is 1.85. The third-order valence-corrected chi connectivity index (χ3v) is 0.774. The number of aliphatic hydroxyl groups excluding tert-OH is 1. The second-order valence-corrected chi connectivity index (χ2v) is 1.59. The van der Waals surface area contributed by atoms with Gasteiger partial charge in [0.05, 0.1) is 12.4 Å². The van der Waals surface area contributed by atoms with Crippen LogP contribution in [0.2, 0.25) is 0 Å². The molecule has 0 heterocycles. The summed E-state index contributed by atoms with van der Waals surface area (Å²) in [6.07, 6.45) is 3.39. The van der Waals surface area contributed by atoms with E-state index in [1.54, 1.807) is 12.2 Å². The first-order valence-electron chi connectivity index (χ1n) is 2.84. The molecule has 0 aliphatic carbocycles. The van der Waals surface area contributed by atoms with Crippen molar-refractivity contribution in [2.24, 2.45) is 0 Å². The van der Waals surface area contributed by atoms with Crippen LogP contribution in [0.3, 0.4) is 0 Å². The molecule has 1 N–H and O–H groups in total. The monoisotopic (exact) mass is 128 g/mol. The van der Waals surface area contributed by atoms with Gasteiger partial charge in [-0.3, -0.25) is 0 Å². The van der Waals surface area contributed by atoms with E-state index in [2.05, 4.69) is 6.58 Å². The highest BCUT2D eigenvalue weighted by molar-refractivity contribution is 5.01. The van der Waals surface area contributed by atoms with Crippen LogP contribution in [0, 0.1) is 0 Å². The fraction of sp³-hybridized carbons (Fsp3) is 0.429. The van der Waals surface area contributed by atoms with Crippen LogP contribution >= 0.6 is 0 Å². The fourth-order valence-electron chi connectivity index (χ4n) is 0.421. The Labute approximate surface area is 55.5 Å². The predicted molar refractivity (Wildman–Crippen MR) is 37.0 cm³/mol. The molecule has 0 fully saturated rings. The summed E-state index contributed by atoms with van der Waals surface area (Å²) in [5, 5.41) is 8.31. The van der Waals surface area contributed by atoms with Crippen LogP contribution in [-0.2, 0) is 4.74 Å². The third-order valence-electron chi connectivity index (χ3n) is 0.774. The van der Waals surface area contributed by atoms with E-state index in [0.717, 1.165) is 5.76 Å². The molecule has 0 bridgehead atoms. The second kappa shape index (κ2) is 5.38. The summed E-state index contributed by atoms with van der Waals surface area (Å²) < 4.78 is 4.97. The van der Waals surface area contributed by atoms with Gasteiger partial charge >= 0.3 is 0 Å². The number of hydrogen-bond acceptors (Lipinski definition) is 2. The molecular weight excluding hydrogens is 116 g/mol. The zero-order valence-electron chi connectivity index (χ0n) is 5.63. The molecule has 0 aromatic carbocycles. The highest BCUT2D eigenvalue weighted by Gasteiger charge is 1.83. The van der Waals surface area contributed by atoms with Gasteiger partial charge in [0.1, 0.15) is 6.61 Å². The Bertz CT molecular complexity index is 105. The highest BCUT2D eigenvalue weighted by atomic mass is 16.5. The molecule has 0 unspecified atom stereocenters. The summed E-state index contributed by atoms with van der Waals surface area (Å²) in [5.74, 6) is 0.777. The van der Waals surface area contributed by atoms with Crippen molar-refractivity contribution in [2.75, 3.05) is 13.2 Å². The summed E-state index contributed by atoms with van der Waals surface area (Å²) in [5.41, 5.74) is 0. The number of aliphatic hydroxyl groups is 1. The van der Waals surface area contributed by atoms with Gasteiger partial charge in [-0.25, -0.2) is 0 Å². The SMILES string of the molecule is C=CC=C(C)OCCO. The van der Waals surface area contributed by atoms with Gasteiger partial charge in [0.25, 0.3) is 0 Å². The van der Waals surface area contributed by atoms with E-state index in [-0.39, 0.29) is 6.61 Å². The molecule has 2 nitrogen and oxygen atoms in total. The van der Waals surface area contributed by atoms with Gasteiger partial charge in [-0.05, 0) is 13.0 Å². The van der Waals surface area contributed by atoms with Crippen LogP contribution in [0.25, 0.3) is 0 Å². The number of hydrogen-bond donors (Lipinski definition) is 1. The van der Waals surface area contributed by atoms with Gasteiger partial charge in [0, 0.05) is 0 Å². The maximum atomic E-state index is 8.31. The molecule has 0 aliphatic rings. The average molecular weight is 128 g/mol. The van der Waals surface area contributed by atoms with E-state index in [0.29, 0.717) is 6.61 Å². The van der Waals surface area contributed by atoms with Crippen molar-refractivity contribution in [3.8, 4) is 0 Å². The van der Waals surface area contributed by atoms with Gasteiger partial charge in [0.2, 0.25) is 0 Å². The first-order chi connectivity index (χ1) is 4.31. The molecule has 0 saturated heterocycles. The van der Waals surface area contributed by atoms with Crippen LogP contribution < -0.4 is 0 Å². The molecule has 9 heavy (non-hydrogen) atoms. The smallest absolute Gasteiger partial charge is 0.111 e. The molecule has 0 radical (unpaired) electrons. The maximum Gasteiger partial charge on any atom is 0.111 e. The van der Waals surface area contributed by atoms with Crippen LogP contribution in [0.15, 0.2) is 24.5 Å². The first-order valence-corrected chi connectivity index (χ1v) is 2.84. The van der Waals surface area contributed by atoms with Gasteiger partial charge in [0.15, 0.2) is 0 Å². The lowest BCUT2D eigenvalue weighted by Gasteiger charge is -2.00. The minimum atomic E-state index is 0.0579. The lowest BCUT2D eigenvalue weighted by Crippen LogP contribution is -1.96. The minimum absolute atomic E-state index is 0.0579. The Hall–Kier alpha value is -0.760. The summed E-state index contributed by atoms with van der Waals surface area (Å²) in [4.78, 5) is 0. The van der Waals surface area contributed by atoms with E-state index in [9.17, 15) is 0 Å². The van der Waals surface area contributed by atoms with E-state index >= 15 is 0 Å². The van der Waals surface area contributed by atoms with Crippen molar-refractivity contribution in [3.63, 3.8) is 0 Å². The third kappa shape index (κ3) is 5.11. The standard InChI is InChI=1S/C7H12O2/c1-3-4-7(2)9-6-5-8/h3-4,8H,1,5-6H2,2H3. The quantitative estimate of drug-likeness (QED) is 0.453. The van der Waals surface area contributed by atoms with Crippen LogP contribution in [0.5, 0.6) is 0 Å². The van der Waals surface area contributed by atoms with Crippen molar-refractivity contribution in [2.45, 2.75) is 6.92 Å². The van der Waals surface area contributed by atoms with E-state index in [1.807, 2.05) is 6.92 Å². The molecule has 0 aromatic rings. The molecule has 0 amide bonds. The van der Waals surface area contributed by atoms with Crippen molar-refractivity contribution < 1.29 is 9.84 Å². The number of ether oxygens (including phenoxy) is 1. The second-order valence-electron chi connectivity index (χ2n) is 1.59. The maximum absolute atomic E-state index is 8.31. The van der Waals surface area contributed by atoms with Crippen molar-refractivity contribution in [1.29, 1.82) is 0 Å². The minimum Gasteiger partial charge on any atom is -0.496 e. The Morgan fingerprint density at radius 1 is 1.78 bits per heavy atom. The van der Waals surface area contributed by atoms with E-state index in [1.165, 1.54) is 0 Å². The number of rotatable bonds is 4. The van der Waals surface area contributed by atoms with Crippen molar-refractivity contribution >= 4 is 0 Å². The topological polar surface area (TPSA) is 29.5 Å². The first kappa shape index (κ1) is 8.24. The molecule has 52 valence electrons. The largest absolute Gasteiger partial charge is 0.496 e. The van der Waals surface area contributed by atoms with Gasteiger partial charge in [-0.15, -0.1) is 0 Å².